The van der Waals surface area contributed by atoms with E-state index in [1.807, 2.05) is 0 Å². The predicted octanol–water partition coefficient (Wildman–Crippen LogP) is 3.51. The molecule has 0 saturated heterocycles. The zero-order valence-corrected chi connectivity index (χ0v) is 16.7. The first-order valence-electron chi connectivity index (χ1n) is 9.04. The standard InChI is InChI=1S/C21H17N3O5S/c1-12(25)13-3-2-4-15(7-13)22-19(26)9-16-10-30-21(23-16)24-20(27)14-5-6-17-18(8-14)29-11-28-17/h2-8,10H,9,11H2,1H3,(H,22,26)(H,23,24,27). The van der Waals surface area contributed by atoms with Gasteiger partial charge < -0.3 is 14.8 Å². The number of hydrogen-bond acceptors (Lipinski definition) is 7. The third kappa shape index (κ3) is 4.47. The lowest BCUT2D eigenvalue weighted by molar-refractivity contribution is -0.115. The molecule has 0 atom stereocenters. The Morgan fingerprint density at radius 1 is 1.03 bits per heavy atom. The van der Waals surface area contributed by atoms with E-state index < -0.39 is 0 Å². The summed E-state index contributed by atoms with van der Waals surface area (Å²) in [5, 5.41) is 7.56. The summed E-state index contributed by atoms with van der Waals surface area (Å²) < 4.78 is 10.5. The highest BCUT2D eigenvalue weighted by atomic mass is 32.1. The van der Waals surface area contributed by atoms with Crippen molar-refractivity contribution in [2.45, 2.75) is 13.3 Å². The van der Waals surface area contributed by atoms with Gasteiger partial charge in [0.25, 0.3) is 5.91 Å². The van der Waals surface area contributed by atoms with E-state index in [9.17, 15) is 14.4 Å². The predicted molar refractivity (Wildman–Crippen MR) is 111 cm³/mol. The van der Waals surface area contributed by atoms with Gasteiger partial charge in [0.1, 0.15) is 0 Å². The van der Waals surface area contributed by atoms with E-state index in [1.165, 1.54) is 18.3 Å². The second-order valence-electron chi connectivity index (χ2n) is 6.53. The van der Waals surface area contributed by atoms with Crippen LogP contribution in [0.15, 0.2) is 47.8 Å². The Morgan fingerprint density at radius 3 is 2.70 bits per heavy atom. The quantitative estimate of drug-likeness (QED) is 0.588. The van der Waals surface area contributed by atoms with Crippen LogP contribution in [0.4, 0.5) is 10.8 Å². The number of rotatable bonds is 6. The molecular formula is C21H17N3O5S. The average Bonchev–Trinajstić information content (AvgIpc) is 3.36. The van der Waals surface area contributed by atoms with Crippen molar-refractivity contribution >= 4 is 39.8 Å². The van der Waals surface area contributed by atoms with Crippen LogP contribution in [-0.2, 0) is 11.2 Å². The highest BCUT2D eigenvalue weighted by Crippen LogP contribution is 2.32. The number of aromatic nitrogens is 1. The first-order valence-corrected chi connectivity index (χ1v) is 9.92. The molecule has 152 valence electrons. The molecule has 3 aromatic rings. The van der Waals surface area contributed by atoms with E-state index in [1.54, 1.807) is 47.8 Å². The number of ketones is 1. The third-order valence-electron chi connectivity index (χ3n) is 4.30. The van der Waals surface area contributed by atoms with Crippen molar-refractivity contribution in [1.29, 1.82) is 0 Å². The Labute approximate surface area is 175 Å². The summed E-state index contributed by atoms with van der Waals surface area (Å²) in [7, 11) is 0. The van der Waals surface area contributed by atoms with Crippen LogP contribution in [0.2, 0.25) is 0 Å². The number of Topliss-reactive ketones (excluding diaryl/α,β-unsaturated/α-hetero) is 1. The molecule has 0 aliphatic carbocycles. The van der Waals surface area contributed by atoms with Crippen LogP contribution in [-0.4, -0.2) is 29.4 Å². The van der Waals surface area contributed by atoms with Crippen LogP contribution < -0.4 is 20.1 Å². The van der Waals surface area contributed by atoms with Crippen molar-refractivity contribution in [3.05, 3.63) is 64.7 Å². The lowest BCUT2D eigenvalue weighted by Gasteiger charge is -2.05. The van der Waals surface area contributed by atoms with Gasteiger partial charge in [-0.3, -0.25) is 19.7 Å². The van der Waals surface area contributed by atoms with Crippen LogP contribution in [0.1, 0.15) is 33.3 Å². The van der Waals surface area contributed by atoms with Gasteiger partial charge in [-0.25, -0.2) is 4.98 Å². The maximum atomic E-state index is 12.4. The first-order chi connectivity index (χ1) is 14.5. The molecular weight excluding hydrogens is 406 g/mol. The van der Waals surface area contributed by atoms with Gasteiger partial charge in [0.15, 0.2) is 22.4 Å². The molecule has 1 aliphatic heterocycles. The minimum Gasteiger partial charge on any atom is -0.454 e. The molecule has 0 unspecified atom stereocenters. The first kappa shape index (κ1) is 19.6. The van der Waals surface area contributed by atoms with Gasteiger partial charge >= 0.3 is 0 Å². The Hall–Kier alpha value is -3.72. The molecule has 1 aliphatic rings. The molecule has 0 radical (unpaired) electrons. The summed E-state index contributed by atoms with van der Waals surface area (Å²) in [5.74, 6) is 0.443. The van der Waals surface area contributed by atoms with Gasteiger partial charge in [-0.05, 0) is 37.3 Å². The fourth-order valence-electron chi connectivity index (χ4n) is 2.84. The maximum absolute atomic E-state index is 12.4. The van der Waals surface area contributed by atoms with Gasteiger partial charge in [-0.1, -0.05) is 12.1 Å². The maximum Gasteiger partial charge on any atom is 0.257 e. The number of carbonyl (C=O) groups is 3. The van der Waals surface area contributed by atoms with E-state index in [0.29, 0.717) is 39.1 Å². The molecule has 2 amide bonds. The fourth-order valence-corrected chi connectivity index (χ4v) is 3.54. The third-order valence-corrected chi connectivity index (χ3v) is 5.11. The number of benzene rings is 2. The second kappa shape index (κ2) is 8.34. The number of thiazole rings is 1. The highest BCUT2D eigenvalue weighted by molar-refractivity contribution is 7.14. The number of amides is 2. The Morgan fingerprint density at radius 2 is 1.87 bits per heavy atom. The Balaban J connectivity index is 1.36. The smallest absolute Gasteiger partial charge is 0.257 e. The van der Waals surface area contributed by atoms with Gasteiger partial charge in [0, 0.05) is 22.2 Å². The number of nitrogens with one attached hydrogen (secondary N) is 2. The number of ether oxygens (including phenoxy) is 2. The van der Waals surface area contributed by atoms with Crippen LogP contribution in [0.25, 0.3) is 0 Å². The van der Waals surface area contributed by atoms with Crippen molar-refractivity contribution in [3.63, 3.8) is 0 Å². The fraction of sp³-hybridized carbons (Fsp3) is 0.143. The number of hydrogen-bond donors (Lipinski definition) is 2. The molecule has 4 rings (SSSR count). The van der Waals surface area contributed by atoms with E-state index in [4.69, 9.17) is 9.47 Å². The lowest BCUT2D eigenvalue weighted by atomic mass is 10.1. The van der Waals surface area contributed by atoms with Crippen molar-refractivity contribution in [1.82, 2.24) is 4.98 Å². The van der Waals surface area contributed by atoms with E-state index in [2.05, 4.69) is 15.6 Å². The molecule has 2 heterocycles. The largest absolute Gasteiger partial charge is 0.454 e. The van der Waals surface area contributed by atoms with Gasteiger partial charge in [0.2, 0.25) is 12.7 Å². The molecule has 0 saturated carbocycles. The summed E-state index contributed by atoms with van der Waals surface area (Å²) in [6, 6.07) is 11.7. The van der Waals surface area contributed by atoms with Crippen LogP contribution in [0, 0.1) is 0 Å². The SMILES string of the molecule is CC(=O)c1cccc(NC(=O)Cc2csc(NC(=O)c3ccc4c(c3)OCO4)n2)c1. The topological polar surface area (TPSA) is 107 Å². The molecule has 0 fully saturated rings. The summed E-state index contributed by atoms with van der Waals surface area (Å²) in [5.41, 5.74) is 2.01. The Bertz CT molecular complexity index is 1140. The van der Waals surface area contributed by atoms with Crippen molar-refractivity contribution in [2.24, 2.45) is 0 Å². The molecule has 0 bridgehead atoms. The molecule has 30 heavy (non-hydrogen) atoms. The van der Waals surface area contributed by atoms with Gasteiger partial charge in [-0.15, -0.1) is 11.3 Å². The van der Waals surface area contributed by atoms with E-state index in [-0.39, 0.29) is 30.8 Å². The monoisotopic (exact) mass is 423 g/mol. The molecule has 8 nitrogen and oxygen atoms in total. The normalized spacial score (nSPS) is 11.8. The molecule has 2 N–H and O–H groups in total. The zero-order chi connectivity index (χ0) is 21.1. The molecule has 2 aromatic carbocycles. The highest BCUT2D eigenvalue weighted by Gasteiger charge is 2.17. The summed E-state index contributed by atoms with van der Waals surface area (Å²) in [4.78, 5) is 40.5. The van der Waals surface area contributed by atoms with Crippen LogP contribution in [0.3, 0.4) is 0 Å². The minimum atomic E-state index is -0.334. The Kier molecular flexibility index (Phi) is 5.44. The summed E-state index contributed by atoms with van der Waals surface area (Å²) in [6.07, 6.45) is 0.0424. The van der Waals surface area contributed by atoms with Gasteiger partial charge in [0.05, 0.1) is 12.1 Å². The van der Waals surface area contributed by atoms with Crippen molar-refractivity contribution in [3.8, 4) is 11.5 Å². The molecule has 0 spiro atoms. The van der Waals surface area contributed by atoms with E-state index >= 15 is 0 Å². The number of carbonyl (C=O) groups excluding carboxylic acids is 3. The van der Waals surface area contributed by atoms with Crippen molar-refractivity contribution in [2.75, 3.05) is 17.4 Å². The van der Waals surface area contributed by atoms with Crippen LogP contribution >= 0.6 is 11.3 Å². The summed E-state index contributed by atoms with van der Waals surface area (Å²) >= 11 is 1.23. The molecule has 9 heteroatoms. The molecule has 1 aromatic heterocycles. The zero-order valence-electron chi connectivity index (χ0n) is 15.9. The van der Waals surface area contributed by atoms with Crippen molar-refractivity contribution < 1.29 is 23.9 Å². The minimum absolute atomic E-state index is 0.0424. The van der Waals surface area contributed by atoms with Crippen LogP contribution in [0.5, 0.6) is 11.5 Å². The number of fused-ring (bicyclic) bond motifs is 1. The van der Waals surface area contributed by atoms with E-state index in [0.717, 1.165) is 0 Å². The number of nitrogens with zero attached hydrogens (tertiary/aromatic N) is 1. The second-order valence-corrected chi connectivity index (χ2v) is 7.39. The average molecular weight is 423 g/mol. The lowest BCUT2D eigenvalue weighted by Crippen LogP contribution is -2.15. The summed E-state index contributed by atoms with van der Waals surface area (Å²) in [6.45, 7) is 1.60. The number of anilines is 2. The van der Waals surface area contributed by atoms with Gasteiger partial charge in [-0.2, -0.15) is 0 Å².